The molecule has 0 amide bonds. The van der Waals surface area contributed by atoms with Crippen molar-refractivity contribution in [3.8, 4) is 0 Å². The molecule has 1 aliphatic rings. The third-order valence-corrected chi connectivity index (χ3v) is 2.03. The Bertz CT molecular complexity index is 147. The minimum absolute atomic E-state index is 0.313. The predicted molar refractivity (Wildman–Crippen MR) is 36.8 cm³/mol. The van der Waals surface area contributed by atoms with Crippen molar-refractivity contribution in [2.24, 2.45) is 5.92 Å². The van der Waals surface area contributed by atoms with Crippen LogP contribution in [-0.2, 0) is 9.53 Å². The lowest BCUT2D eigenvalue weighted by Crippen LogP contribution is -2.17. The lowest BCUT2D eigenvalue weighted by Gasteiger charge is -2.04. The molecule has 0 bridgehead atoms. The van der Waals surface area contributed by atoms with E-state index in [9.17, 15) is 4.79 Å². The van der Waals surface area contributed by atoms with Crippen molar-refractivity contribution >= 4 is 5.97 Å². The molecule has 0 heterocycles. The maximum atomic E-state index is 10.9. The lowest BCUT2D eigenvalue weighted by molar-refractivity contribution is -0.145. The summed E-state index contributed by atoms with van der Waals surface area (Å²) in [5, 5.41) is 18.1. The summed E-state index contributed by atoms with van der Waals surface area (Å²) in [6.07, 6.45) is -0.903. The van der Waals surface area contributed by atoms with Crippen LogP contribution in [0.5, 0.6) is 0 Å². The van der Waals surface area contributed by atoms with Gasteiger partial charge in [-0.05, 0) is 12.8 Å². The van der Waals surface area contributed by atoms with E-state index in [-0.39, 0.29) is 11.9 Å². The first-order valence-electron chi connectivity index (χ1n) is 3.59. The van der Waals surface area contributed by atoms with Crippen LogP contribution in [0, 0.1) is 5.92 Å². The van der Waals surface area contributed by atoms with Crippen molar-refractivity contribution in [1.82, 2.24) is 0 Å². The van der Waals surface area contributed by atoms with Gasteiger partial charge in [0.2, 0.25) is 0 Å². The quantitative estimate of drug-likeness (QED) is 0.497. The van der Waals surface area contributed by atoms with E-state index in [0.29, 0.717) is 12.8 Å². The standard InChI is InChI=1S/C7H12O4/c1-11-7(10)4-2-5(8)6(9)3-4/h4-6,8-9H,2-3H2,1H3/t4?,5-,6?/m1/s1. The zero-order chi connectivity index (χ0) is 8.43. The topological polar surface area (TPSA) is 66.8 Å². The number of methoxy groups -OCH3 is 1. The van der Waals surface area contributed by atoms with Gasteiger partial charge in [0.15, 0.2) is 0 Å². The molecule has 0 aromatic heterocycles. The van der Waals surface area contributed by atoms with Crippen LogP contribution in [0.2, 0.25) is 0 Å². The van der Waals surface area contributed by atoms with E-state index < -0.39 is 12.2 Å². The predicted octanol–water partition coefficient (Wildman–Crippen LogP) is -0.709. The van der Waals surface area contributed by atoms with E-state index in [1.54, 1.807) is 0 Å². The number of carbonyl (C=O) groups excluding carboxylic acids is 1. The molecule has 1 fully saturated rings. The molecule has 2 unspecified atom stereocenters. The molecule has 0 aromatic carbocycles. The van der Waals surface area contributed by atoms with Crippen LogP contribution in [0.4, 0.5) is 0 Å². The molecule has 1 aliphatic carbocycles. The summed E-state index contributed by atoms with van der Waals surface area (Å²) in [6.45, 7) is 0. The Morgan fingerprint density at radius 3 is 2.18 bits per heavy atom. The van der Waals surface area contributed by atoms with E-state index in [1.165, 1.54) is 7.11 Å². The summed E-state index contributed by atoms with van der Waals surface area (Å²) in [4.78, 5) is 10.9. The number of carbonyl (C=O) groups is 1. The van der Waals surface area contributed by atoms with Gasteiger partial charge in [-0.3, -0.25) is 4.79 Å². The van der Waals surface area contributed by atoms with Crippen molar-refractivity contribution < 1.29 is 19.7 Å². The summed E-state index contributed by atoms with van der Waals surface area (Å²) in [5.74, 6) is -0.675. The van der Waals surface area contributed by atoms with E-state index in [1.807, 2.05) is 0 Å². The second-order valence-corrected chi connectivity index (χ2v) is 2.83. The Morgan fingerprint density at radius 2 is 1.82 bits per heavy atom. The summed E-state index contributed by atoms with van der Waals surface area (Å²) in [6, 6.07) is 0. The van der Waals surface area contributed by atoms with Gasteiger partial charge in [-0.2, -0.15) is 0 Å². The largest absolute Gasteiger partial charge is 0.469 e. The first-order valence-corrected chi connectivity index (χ1v) is 3.59. The molecule has 64 valence electrons. The second-order valence-electron chi connectivity index (χ2n) is 2.83. The van der Waals surface area contributed by atoms with Gasteiger partial charge in [0.25, 0.3) is 0 Å². The fraction of sp³-hybridized carbons (Fsp3) is 0.857. The van der Waals surface area contributed by atoms with Crippen molar-refractivity contribution in [2.75, 3.05) is 7.11 Å². The molecule has 2 N–H and O–H groups in total. The van der Waals surface area contributed by atoms with Gasteiger partial charge in [0.05, 0.1) is 25.2 Å². The van der Waals surface area contributed by atoms with Crippen LogP contribution >= 0.6 is 0 Å². The molecule has 4 heteroatoms. The van der Waals surface area contributed by atoms with Gasteiger partial charge in [-0.15, -0.1) is 0 Å². The summed E-state index contributed by atoms with van der Waals surface area (Å²) >= 11 is 0. The molecule has 11 heavy (non-hydrogen) atoms. The second kappa shape index (κ2) is 3.19. The molecule has 0 radical (unpaired) electrons. The fourth-order valence-corrected chi connectivity index (χ4v) is 1.35. The van der Waals surface area contributed by atoms with E-state index in [4.69, 9.17) is 10.2 Å². The summed E-state index contributed by atoms with van der Waals surface area (Å²) < 4.78 is 4.47. The normalized spacial score (nSPS) is 37.2. The van der Waals surface area contributed by atoms with E-state index in [0.717, 1.165) is 0 Å². The number of esters is 1. The zero-order valence-electron chi connectivity index (χ0n) is 6.36. The number of aliphatic hydroxyl groups excluding tert-OH is 2. The number of ether oxygens (including phenoxy) is 1. The number of aliphatic hydroxyl groups is 2. The Morgan fingerprint density at radius 1 is 1.36 bits per heavy atom. The molecule has 0 aliphatic heterocycles. The Labute approximate surface area is 64.8 Å². The van der Waals surface area contributed by atoms with E-state index >= 15 is 0 Å². The van der Waals surface area contributed by atoms with Gasteiger partial charge in [-0.1, -0.05) is 0 Å². The average Bonchev–Trinajstić information content (AvgIpc) is 2.31. The third kappa shape index (κ3) is 1.70. The molecule has 0 spiro atoms. The maximum absolute atomic E-state index is 10.9. The van der Waals surface area contributed by atoms with Crippen LogP contribution in [-0.4, -0.2) is 35.5 Å². The Hall–Kier alpha value is -0.610. The molecule has 0 saturated heterocycles. The number of hydrogen-bond acceptors (Lipinski definition) is 4. The van der Waals surface area contributed by atoms with Crippen molar-refractivity contribution in [3.63, 3.8) is 0 Å². The molecular formula is C7H12O4. The van der Waals surface area contributed by atoms with Crippen molar-refractivity contribution in [2.45, 2.75) is 25.0 Å². The molecule has 0 aromatic rings. The molecular weight excluding hydrogens is 148 g/mol. The SMILES string of the molecule is COC(=O)C1CC(O)[C@H](O)C1. The molecule has 1 saturated carbocycles. The van der Waals surface area contributed by atoms with Gasteiger partial charge >= 0.3 is 5.97 Å². The van der Waals surface area contributed by atoms with Gasteiger partial charge in [0.1, 0.15) is 0 Å². The summed E-state index contributed by atoms with van der Waals surface area (Å²) in [5.41, 5.74) is 0. The van der Waals surface area contributed by atoms with Gasteiger partial charge < -0.3 is 14.9 Å². The van der Waals surface area contributed by atoms with Crippen molar-refractivity contribution in [3.05, 3.63) is 0 Å². The summed E-state index contributed by atoms with van der Waals surface area (Å²) in [7, 11) is 1.30. The first-order chi connectivity index (χ1) is 5.15. The highest BCUT2D eigenvalue weighted by molar-refractivity contribution is 5.72. The average molecular weight is 160 g/mol. The monoisotopic (exact) mass is 160 g/mol. The van der Waals surface area contributed by atoms with Crippen LogP contribution in [0.25, 0.3) is 0 Å². The van der Waals surface area contributed by atoms with E-state index in [2.05, 4.69) is 4.74 Å². The smallest absolute Gasteiger partial charge is 0.308 e. The Balaban J connectivity index is 2.46. The highest BCUT2D eigenvalue weighted by atomic mass is 16.5. The highest BCUT2D eigenvalue weighted by Crippen LogP contribution is 2.26. The van der Waals surface area contributed by atoms with Crippen LogP contribution in [0.15, 0.2) is 0 Å². The van der Waals surface area contributed by atoms with Crippen LogP contribution in [0.1, 0.15) is 12.8 Å². The maximum Gasteiger partial charge on any atom is 0.308 e. The minimum atomic E-state index is -0.765. The molecule has 1 rings (SSSR count). The molecule has 3 atom stereocenters. The van der Waals surface area contributed by atoms with Gasteiger partial charge in [0, 0.05) is 0 Å². The Kier molecular flexibility index (Phi) is 2.46. The van der Waals surface area contributed by atoms with Crippen molar-refractivity contribution in [1.29, 1.82) is 0 Å². The first kappa shape index (κ1) is 8.49. The highest BCUT2D eigenvalue weighted by Gasteiger charge is 2.36. The fourth-order valence-electron chi connectivity index (χ4n) is 1.35. The number of rotatable bonds is 1. The zero-order valence-corrected chi connectivity index (χ0v) is 6.36. The van der Waals surface area contributed by atoms with Gasteiger partial charge in [-0.25, -0.2) is 0 Å². The van der Waals surface area contributed by atoms with Crippen LogP contribution in [0.3, 0.4) is 0 Å². The van der Waals surface area contributed by atoms with Crippen LogP contribution < -0.4 is 0 Å². The minimum Gasteiger partial charge on any atom is -0.469 e. The third-order valence-electron chi connectivity index (χ3n) is 2.03. The number of hydrogen-bond donors (Lipinski definition) is 2. The molecule has 4 nitrogen and oxygen atoms in total. The lowest BCUT2D eigenvalue weighted by atomic mass is 10.1.